The molecule has 0 bridgehead atoms. The van der Waals surface area contributed by atoms with Crippen LogP contribution in [0.15, 0.2) is 36.5 Å². The third kappa shape index (κ3) is 3.11. The number of hydrogen-bond donors (Lipinski definition) is 1. The summed E-state index contributed by atoms with van der Waals surface area (Å²) in [6, 6.07) is 0. The summed E-state index contributed by atoms with van der Waals surface area (Å²) < 4.78 is 12.2. The maximum atomic E-state index is 11.4. The first-order chi connectivity index (χ1) is 14.4. The second-order valence-electron chi connectivity index (χ2n) is 11.2. The standard InChI is InChI=1S/C27H40O3/c1-4-13-27(28)16-12-23-21-9-8-19-18-20(30-24-7-5-6-17-29-24)10-14-25(19,2)22(21)11-15-26(23,27)3/h4,8,12,16,20-24,28H,1,5-7,9-11,13-15,17-18H2,2-3H3/t20-,21+,22-,23-,24?,25-,26-,27-/m0/s1. The lowest BCUT2D eigenvalue weighted by molar-refractivity contribution is -0.195. The number of rotatable bonds is 4. The SMILES string of the molecule is C=CC[C@]1(O)C=C[C@H]2[C@@H]3CC=C4C[C@@H](OC5CCCCO5)CC[C@]4(C)[C@H]3CC[C@@]21C. The highest BCUT2D eigenvalue weighted by Gasteiger charge is 2.61. The van der Waals surface area contributed by atoms with Crippen LogP contribution >= 0.6 is 0 Å². The van der Waals surface area contributed by atoms with Gasteiger partial charge in [0.2, 0.25) is 0 Å². The maximum absolute atomic E-state index is 11.4. The molecule has 0 radical (unpaired) electrons. The summed E-state index contributed by atoms with van der Waals surface area (Å²) >= 11 is 0. The molecule has 3 fully saturated rings. The van der Waals surface area contributed by atoms with Gasteiger partial charge >= 0.3 is 0 Å². The first kappa shape index (κ1) is 21.0. The van der Waals surface area contributed by atoms with Crippen molar-refractivity contribution in [3.8, 4) is 0 Å². The smallest absolute Gasteiger partial charge is 0.157 e. The molecule has 0 aromatic carbocycles. The van der Waals surface area contributed by atoms with Crippen LogP contribution in [0.4, 0.5) is 0 Å². The van der Waals surface area contributed by atoms with E-state index in [9.17, 15) is 5.11 Å². The Hall–Kier alpha value is -0.900. The summed E-state index contributed by atoms with van der Waals surface area (Å²) in [4.78, 5) is 0. The minimum absolute atomic E-state index is 0.0200. The van der Waals surface area contributed by atoms with Gasteiger partial charge in [-0.3, -0.25) is 0 Å². The summed E-state index contributed by atoms with van der Waals surface area (Å²) in [5.41, 5.74) is 1.16. The predicted molar refractivity (Wildman–Crippen MR) is 120 cm³/mol. The molecule has 2 saturated carbocycles. The van der Waals surface area contributed by atoms with E-state index in [2.05, 4.69) is 38.7 Å². The van der Waals surface area contributed by atoms with Crippen LogP contribution in [0.5, 0.6) is 0 Å². The van der Waals surface area contributed by atoms with Gasteiger partial charge in [0.1, 0.15) is 0 Å². The first-order valence-corrected chi connectivity index (χ1v) is 12.4. The van der Waals surface area contributed by atoms with Crippen molar-refractivity contribution in [1.82, 2.24) is 0 Å². The fourth-order valence-corrected chi connectivity index (χ4v) is 7.86. The molecule has 30 heavy (non-hydrogen) atoms. The molecule has 0 aromatic rings. The number of aliphatic hydroxyl groups is 1. The second-order valence-corrected chi connectivity index (χ2v) is 11.2. The molecule has 1 saturated heterocycles. The van der Waals surface area contributed by atoms with Crippen LogP contribution in [0, 0.1) is 28.6 Å². The zero-order valence-electron chi connectivity index (χ0n) is 18.9. The van der Waals surface area contributed by atoms with E-state index in [-0.39, 0.29) is 11.7 Å². The minimum atomic E-state index is -0.721. The van der Waals surface area contributed by atoms with E-state index < -0.39 is 5.60 Å². The third-order valence-electron chi connectivity index (χ3n) is 9.82. The summed E-state index contributed by atoms with van der Waals surface area (Å²) in [6.07, 6.45) is 20.3. The van der Waals surface area contributed by atoms with Crippen LogP contribution in [0.25, 0.3) is 0 Å². The average molecular weight is 413 g/mol. The Balaban J connectivity index is 1.33. The molecule has 0 amide bonds. The lowest BCUT2D eigenvalue weighted by atomic mass is 9.46. The molecular formula is C27H40O3. The molecule has 166 valence electrons. The molecule has 1 unspecified atom stereocenters. The van der Waals surface area contributed by atoms with Crippen molar-refractivity contribution in [1.29, 1.82) is 0 Å². The highest BCUT2D eigenvalue weighted by molar-refractivity contribution is 5.31. The van der Waals surface area contributed by atoms with Crippen LogP contribution in [0.2, 0.25) is 0 Å². The minimum Gasteiger partial charge on any atom is -0.385 e. The van der Waals surface area contributed by atoms with Crippen molar-refractivity contribution in [2.75, 3.05) is 6.61 Å². The molecule has 5 rings (SSSR count). The first-order valence-electron chi connectivity index (χ1n) is 12.4. The molecular weight excluding hydrogens is 372 g/mol. The van der Waals surface area contributed by atoms with Crippen LogP contribution < -0.4 is 0 Å². The van der Waals surface area contributed by atoms with Gasteiger partial charge in [-0.1, -0.05) is 43.7 Å². The lowest BCUT2D eigenvalue weighted by Crippen LogP contribution is -2.55. The highest BCUT2D eigenvalue weighted by Crippen LogP contribution is 2.65. The Labute approximate surface area is 182 Å². The molecule has 0 spiro atoms. The van der Waals surface area contributed by atoms with Crippen LogP contribution in [-0.2, 0) is 9.47 Å². The van der Waals surface area contributed by atoms with Crippen molar-refractivity contribution in [2.24, 2.45) is 28.6 Å². The fourth-order valence-electron chi connectivity index (χ4n) is 7.86. The third-order valence-corrected chi connectivity index (χ3v) is 9.82. The number of allylic oxidation sites excluding steroid dienone is 2. The van der Waals surface area contributed by atoms with E-state index >= 15 is 0 Å². The van der Waals surface area contributed by atoms with Crippen molar-refractivity contribution in [3.05, 3.63) is 36.5 Å². The second kappa shape index (κ2) is 7.60. The molecule has 3 heteroatoms. The Morgan fingerprint density at radius 3 is 2.87 bits per heavy atom. The number of ether oxygens (including phenoxy) is 2. The summed E-state index contributed by atoms with van der Waals surface area (Å²) in [6.45, 7) is 9.62. The molecule has 1 heterocycles. The highest BCUT2D eigenvalue weighted by atomic mass is 16.7. The summed E-state index contributed by atoms with van der Waals surface area (Å²) in [5.74, 6) is 1.84. The Morgan fingerprint density at radius 1 is 1.23 bits per heavy atom. The van der Waals surface area contributed by atoms with Crippen LogP contribution in [-0.4, -0.2) is 29.7 Å². The van der Waals surface area contributed by atoms with Crippen molar-refractivity contribution >= 4 is 0 Å². The van der Waals surface area contributed by atoms with E-state index in [1.54, 1.807) is 5.57 Å². The van der Waals surface area contributed by atoms with Gasteiger partial charge in [0.15, 0.2) is 6.29 Å². The van der Waals surface area contributed by atoms with Crippen LogP contribution in [0.1, 0.15) is 78.1 Å². The average Bonchev–Trinajstić information content (AvgIpc) is 3.00. The largest absolute Gasteiger partial charge is 0.385 e. The molecule has 3 nitrogen and oxygen atoms in total. The van der Waals surface area contributed by atoms with Crippen molar-refractivity contribution in [3.63, 3.8) is 0 Å². The topological polar surface area (TPSA) is 38.7 Å². The molecule has 4 aliphatic carbocycles. The lowest BCUT2D eigenvalue weighted by Gasteiger charge is -2.59. The quantitative estimate of drug-likeness (QED) is 0.580. The zero-order valence-corrected chi connectivity index (χ0v) is 18.9. The van der Waals surface area contributed by atoms with Gasteiger partial charge in [0, 0.05) is 12.0 Å². The van der Waals surface area contributed by atoms with E-state index in [1.165, 1.54) is 25.7 Å². The molecule has 0 aromatic heterocycles. The fraction of sp³-hybridized carbons (Fsp3) is 0.778. The summed E-state index contributed by atoms with van der Waals surface area (Å²) in [7, 11) is 0. The van der Waals surface area contributed by atoms with Crippen molar-refractivity contribution < 1.29 is 14.6 Å². The Kier molecular flexibility index (Phi) is 5.31. The van der Waals surface area contributed by atoms with E-state index in [0.29, 0.717) is 29.8 Å². The Morgan fingerprint density at radius 2 is 2.10 bits per heavy atom. The molecule has 5 aliphatic rings. The van der Waals surface area contributed by atoms with Gasteiger partial charge in [0.05, 0.1) is 11.7 Å². The van der Waals surface area contributed by atoms with Gasteiger partial charge in [-0.15, -0.1) is 6.58 Å². The van der Waals surface area contributed by atoms with Gasteiger partial charge in [0.25, 0.3) is 0 Å². The van der Waals surface area contributed by atoms with Gasteiger partial charge in [-0.2, -0.15) is 0 Å². The maximum Gasteiger partial charge on any atom is 0.157 e. The predicted octanol–water partition coefficient (Wildman–Crippen LogP) is 5.94. The molecule has 8 atom stereocenters. The monoisotopic (exact) mass is 412 g/mol. The van der Waals surface area contributed by atoms with E-state index in [1.807, 2.05) is 6.08 Å². The normalized spacial score (nSPS) is 50.2. The molecule has 1 N–H and O–H groups in total. The van der Waals surface area contributed by atoms with Gasteiger partial charge in [-0.25, -0.2) is 0 Å². The van der Waals surface area contributed by atoms with E-state index in [4.69, 9.17) is 9.47 Å². The van der Waals surface area contributed by atoms with Gasteiger partial charge in [-0.05, 0) is 87.4 Å². The molecule has 1 aliphatic heterocycles. The van der Waals surface area contributed by atoms with Crippen LogP contribution in [0.3, 0.4) is 0 Å². The zero-order chi connectivity index (χ0) is 21.0. The Bertz CT molecular complexity index is 734. The van der Waals surface area contributed by atoms with Gasteiger partial charge < -0.3 is 14.6 Å². The van der Waals surface area contributed by atoms with Crippen molar-refractivity contribution in [2.45, 2.75) is 96.1 Å². The summed E-state index contributed by atoms with van der Waals surface area (Å²) in [5, 5.41) is 11.4. The van der Waals surface area contributed by atoms with E-state index in [0.717, 1.165) is 44.6 Å². The number of hydrogen-bond acceptors (Lipinski definition) is 3. The number of fused-ring (bicyclic) bond motifs is 5.